The second-order valence-electron chi connectivity index (χ2n) is 6.67. The molecule has 1 fully saturated rings. The molecule has 1 heterocycles. The van der Waals surface area contributed by atoms with E-state index in [-0.39, 0.29) is 43.0 Å². The second kappa shape index (κ2) is 11.0. The second-order valence-corrected chi connectivity index (χ2v) is 9.01. The molecule has 0 bridgehead atoms. The molecule has 1 saturated heterocycles. The molecule has 12 heteroatoms. The minimum absolute atomic E-state index is 0. The standard InChI is InChI=1S/C17H24ClF3N4O2S.HI/c1-22-16(24(2)12-14-5-3-4-6-15(14)18)23-11-13-7-9-25(10-8-13)28(26,27)17(19,20)21;/h3-6,13H,7-12H2,1-2H3,(H,22,23);1H. The van der Waals surface area contributed by atoms with Crippen molar-refractivity contribution < 1.29 is 21.6 Å². The normalized spacial score (nSPS) is 17.0. The molecular weight excluding hydrogens is 544 g/mol. The first-order valence-electron chi connectivity index (χ1n) is 8.78. The zero-order valence-electron chi connectivity index (χ0n) is 16.1. The monoisotopic (exact) mass is 568 g/mol. The van der Waals surface area contributed by atoms with Gasteiger partial charge in [0.15, 0.2) is 5.96 Å². The number of aliphatic imine (C=N–C) groups is 1. The highest BCUT2D eigenvalue weighted by Crippen LogP contribution is 2.30. The van der Waals surface area contributed by atoms with Crippen LogP contribution in [-0.2, 0) is 16.6 Å². The van der Waals surface area contributed by atoms with Gasteiger partial charge in [0.2, 0.25) is 0 Å². The third-order valence-electron chi connectivity index (χ3n) is 4.69. The van der Waals surface area contributed by atoms with Crippen molar-refractivity contribution in [2.75, 3.05) is 33.7 Å². The maximum absolute atomic E-state index is 12.6. The minimum atomic E-state index is -5.25. The van der Waals surface area contributed by atoms with Gasteiger partial charge in [0.1, 0.15) is 0 Å². The number of alkyl halides is 3. The van der Waals surface area contributed by atoms with Crippen LogP contribution in [0.4, 0.5) is 13.2 Å². The van der Waals surface area contributed by atoms with Crippen molar-refractivity contribution in [1.82, 2.24) is 14.5 Å². The molecule has 0 atom stereocenters. The smallest absolute Gasteiger partial charge is 0.356 e. The van der Waals surface area contributed by atoms with Crippen molar-refractivity contribution in [2.45, 2.75) is 24.9 Å². The van der Waals surface area contributed by atoms with Crippen molar-refractivity contribution >= 4 is 51.6 Å². The zero-order chi connectivity index (χ0) is 20.9. The van der Waals surface area contributed by atoms with E-state index in [0.29, 0.717) is 41.2 Å². The lowest BCUT2D eigenvalue weighted by Crippen LogP contribution is -2.47. The lowest BCUT2D eigenvalue weighted by atomic mass is 9.98. The lowest BCUT2D eigenvalue weighted by Gasteiger charge is -2.32. The Labute approximate surface area is 191 Å². The third kappa shape index (κ3) is 6.86. The number of hydrogen-bond acceptors (Lipinski definition) is 3. The van der Waals surface area contributed by atoms with E-state index >= 15 is 0 Å². The van der Waals surface area contributed by atoms with E-state index in [1.165, 1.54) is 0 Å². The number of piperidine rings is 1. The summed E-state index contributed by atoms with van der Waals surface area (Å²) in [7, 11) is -1.74. The van der Waals surface area contributed by atoms with Crippen molar-refractivity contribution in [3.05, 3.63) is 34.9 Å². The lowest BCUT2D eigenvalue weighted by molar-refractivity contribution is -0.0496. The predicted octanol–water partition coefficient (Wildman–Crippen LogP) is 3.53. The van der Waals surface area contributed by atoms with Crippen LogP contribution in [0, 0.1) is 5.92 Å². The number of sulfonamides is 1. The number of hydrogen-bond donors (Lipinski definition) is 1. The van der Waals surface area contributed by atoms with Gasteiger partial charge in [-0.2, -0.15) is 17.5 Å². The molecule has 0 aliphatic carbocycles. The summed E-state index contributed by atoms with van der Waals surface area (Å²) in [5, 5.41) is 3.86. The molecule has 0 saturated carbocycles. The van der Waals surface area contributed by atoms with Crippen molar-refractivity contribution in [3.63, 3.8) is 0 Å². The number of nitrogens with zero attached hydrogens (tertiary/aromatic N) is 3. The quantitative estimate of drug-likeness (QED) is 0.335. The average Bonchev–Trinajstić information content (AvgIpc) is 2.63. The van der Waals surface area contributed by atoms with Crippen LogP contribution in [0.5, 0.6) is 0 Å². The molecule has 1 aromatic carbocycles. The van der Waals surface area contributed by atoms with Crippen LogP contribution in [0.15, 0.2) is 29.3 Å². The Morgan fingerprint density at radius 3 is 2.41 bits per heavy atom. The number of nitrogens with one attached hydrogen (secondary N) is 1. The van der Waals surface area contributed by atoms with Gasteiger partial charge in [-0.25, -0.2) is 8.42 Å². The van der Waals surface area contributed by atoms with Gasteiger partial charge in [-0.3, -0.25) is 4.99 Å². The first-order valence-corrected chi connectivity index (χ1v) is 10.6. The summed E-state index contributed by atoms with van der Waals surface area (Å²) in [5.41, 5.74) is -4.30. The van der Waals surface area contributed by atoms with E-state index in [4.69, 9.17) is 11.6 Å². The molecule has 0 radical (unpaired) electrons. The number of benzene rings is 1. The molecule has 6 nitrogen and oxygen atoms in total. The van der Waals surface area contributed by atoms with Crippen molar-refractivity contribution in [2.24, 2.45) is 10.9 Å². The predicted molar refractivity (Wildman–Crippen MR) is 119 cm³/mol. The van der Waals surface area contributed by atoms with E-state index < -0.39 is 15.5 Å². The van der Waals surface area contributed by atoms with Crippen LogP contribution in [0.2, 0.25) is 5.02 Å². The Balaban J connectivity index is 0.00000420. The summed E-state index contributed by atoms with van der Waals surface area (Å²) in [5.74, 6) is 0.690. The number of guanidine groups is 1. The zero-order valence-corrected chi connectivity index (χ0v) is 20.0. The largest absolute Gasteiger partial charge is 0.511 e. The molecule has 1 aliphatic rings. The Kier molecular flexibility index (Phi) is 9.96. The first-order chi connectivity index (χ1) is 13.1. The molecule has 0 spiro atoms. The fourth-order valence-corrected chi connectivity index (χ4v) is 4.26. The molecule has 1 N–H and O–H groups in total. The highest BCUT2D eigenvalue weighted by Gasteiger charge is 2.50. The molecule has 166 valence electrons. The van der Waals surface area contributed by atoms with Gasteiger partial charge in [-0.05, 0) is 30.4 Å². The van der Waals surface area contributed by atoms with Crippen LogP contribution in [0.1, 0.15) is 18.4 Å². The highest BCUT2D eigenvalue weighted by atomic mass is 127. The van der Waals surface area contributed by atoms with E-state index in [2.05, 4.69) is 10.3 Å². The molecule has 29 heavy (non-hydrogen) atoms. The highest BCUT2D eigenvalue weighted by molar-refractivity contribution is 14.0. The third-order valence-corrected chi connectivity index (χ3v) is 6.69. The van der Waals surface area contributed by atoms with Crippen LogP contribution >= 0.6 is 35.6 Å². The average molecular weight is 569 g/mol. The number of halogens is 5. The van der Waals surface area contributed by atoms with Crippen LogP contribution in [0.25, 0.3) is 0 Å². The Bertz CT molecular complexity index is 800. The summed E-state index contributed by atoms with van der Waals surface area (Å²) in [4.78, 5) is 6.11. The van der Waals surface area contributed by atoms with Gasteiger partial charge in [-0.15, -0.1) is 24.0 Å². The fraction of sp³-hybridized carbons (Fsp3) is 0.588. The summed E-state index contributed by atoms with van der Waals surface area (Å²) < 4.78 is 61.4. The summed E-state index contributed by atoms with van der Waals surface area (Å²) in [6.45, 7) is 0.769. The van der Waals surface area contributed by atoms with Crippen molar-refractivity contribution in [1.29, 1.82) is 0 Å². The van der Waals surface area contributed by atoms with Crippen molar-refractivity contribution in [3.8, 4) is 0 Å². The fourth-order valence-electron chi connectivity index (χ4n) is 3.08. The Hall–Kier alpha value is -0.790. The molecule has 0 aromatic heterocycles. The van der Waals surface area contributed by atoms with Gasteiger partial charge >= 0.3 is 15.5 Å². The SMILES string of the molecule is CN=C(NCC1CCN(S(=O)(=O)C(F)(F)F)CC1)N(C)Cc1ccccc1Cl.I. The van der Waals surface area contributed by atoms with E-state index in [0.717, 1.165) is 5.56 Å². The summed E-state index contributed by atoms with van der Waals surface area (Å²) >= 11 is 6.18. The van der Waals surface area contributed by atoms with Gasteiger partial charge in [0.25, 0.3) is 0 Å². The summed E-state index contributed by atoms with van der Waals surface area (Å²) in [6, 6.07) is 7.48. The maximum atomic E-state index is 12.6. The maximum Gasteiger partial charge on any atom is 0.511 e. The Morgan fingerprint density at radius 1 is 1.31 bits per heavy atom. The number of rotatable bonds is 5. The molecular formula is C17H25ClF3IN4O2S. The topological polar surface area (TPSA) is 65.0 Å². The van der Waals surface area contributed by atoms with E-state index in [1.54, 1.807) is 7.05 Å². The molecule has 0 amide bonds. The molecule has 0 unspecified atom stereocenters. The van der Waals surface area contributed by atoms with Crippen LogP contribution < -0.4 is 5.32 Å². The van der Waals surface area contributed by atoms with Gasteiger partial charge < -0.3 is 10.2 Å². The molecule has 1 aliphatic heterocycles. The summed E-state index contributed by atoms with van der Waals surface area (Å²) in [6.07, 6.45) is 0.709. The van der Waals surface area contributed by atoms with Gasteiger partial charge in [0, 0.05) is 45.3 Å². The van der Waals surface area contributed by atoms with E-state index in [9.17, 15) is 21.6 Å². The molecule has 2 rings (SSSR count). The van der Waals surface area contributed by atoms with Crippen LogP contribution in [-0.4, -0.2) is 62.8 Å². The van der Waals surface area contributed by atoms with Gasteiger partial charge in [0.05, 0.1) is 0 Å². The molecule has 1 aromatic rings. The van der Waals surface area contributed by atoms with Gasteiger partial charge in [-0.1, -0.05) is 29.8 Å². The first kappa shape index (κ1) is 26.2. The Morgan fingerprint density at radius 2 is 1.90 bits per heavy atom. The van der Waals surface area contributed by atoms with E-state index in [1.807, 2.05) is 36.2 Å². The minimum Gasteiger partial charge on any atom is -0.356 e. The van der Waals surface area contributed by atoms with Crippen LogP contribution in [0.3, 0.4) is 0 Å².